The van der Waals surface area contributed by atoms with Gasteiger partial charge in [-0.05, 0) is 38.0 Å². The molecule has 5 nitrogen and oxygen atoms in total. The Bertz CT molecular complexity index is 466. The fraction of sp³-hybridized carbons (Fsp3) is 0.737. The number of rotatable bonds is 12. The number of hydrogen-bond acceptors (Lipinski definition) is 4. The van der Waals surface area contributed by atoms with Gasteiger partial charge in [-0.2, -0.15) is 5.26 Å². The van der Waals surface area contributed by atoms with E-state index in [1.165, 1.54) is 0 Å². The number of aliphatic carboxylic acids is 1. The van der Waals surface area contributed by atoms with E-state index in [0.717, 1.165) is 32.1 Å². The van der Waals surface area contributed by atoms with Crippen LogP contribution in [0.5, 0.6) is 0 Å². The molecule has 0 amide bonds. The van der Waals surface area contributed by atoms with Gasteiger partial charge < -0.3 is 10.2 Å². The summed E-state index contributed by atoms with van der Waals surface area (Å²) in [5.41, 5.74) is 0. The van der Waals surface area contributed by atoms with Crippen LogP contribution in [0.3, 0.4) is 0 Å². The van der Waals surface area contributed by atoms with E-state index in [9.17, 15) is 14.7 Å². The molecule has 1 aliphatic rings. The second-order valence-electron chi connectivity index (χ2n) is 6.62. The summed E-state index contributed by atoms with van der Waals surface area (Å²) in [4.78, 5) is 22.5. The van der Waals surface area contributed by atoms with E-state index in [1.807, 2.05) is 6.08 Å². The number of carbonyl (C=O) groups excluding carboxylic acids is 1. The molecule has 0 bridgehead atoms. The summed E-state index contributed by atoms with van der Waals surface area (Å²) >= 11 is 0. The standard InChI is InChI=1S/C19H29NO4/c20-14-6-5-7-16(21)12-10-15-11-13-18(22)17(15)8-3-1-2-4-9-19(23)24/h10,12,15-17,21H,1-9,11,13H2,(H,23,24). The molecule has 0 radical (unpaired) electrons. The predicted molar refractivity (Wildman–Crippen MR) is 91.2 cm³/mol. The van der Waals surface area contributed by atoms with E-state index in [-0.39, 0.29) is 18.3 Å². The van der Waals surface area contributed by atoms with Crippen molar-refractivity contribution in [3.05, 3.63) is 12.2 Å². The number of carboxylic acid groups (broad SMARTS) is 1. The lowest BCUT2D eigenvalue weighted by atomic mass is 9.89. The molecule has 0 aromatic rings. The first-order valence-electron chi connectivity index (χ1n) is 9.02. The number of unbranched alkanes of at least 4 members (excludes halogenated alkanes) is 4. The Balaban J connectivity index is 2.30. The van der Waals surface area contributed by atoms with Gasteiger partial charge in [-0.3, -0.25) is 9.59 Å². The SMILES string of the molecule is N#CCCCC(O)C=CC1CCC(=O)C1CCCCCCC(=O)O. The lowest BCUT2D eigenvalue weighted by Gasteiger charge is -2.15. The number of nitrogens with zero attached hydrogens (tertiary/aromatic N) is 1. The summed E-state index contributed by atoms with van der Waals surface area (Å²) in [6, 6.07) is 2.06. The summed E-state index contributed by atoms with van der Waals surface area (Å²) in [6.45, 7) is 0. The van der Waals surface area contributed by atoms with E-state index in [2.05, 4.69) is 6.07 Å². The van der Waals surface area contributed by atoms with Crippen LogP contribution in [0, 0.1) is 23.2 Å². The van der Waals surface area contributed by atoms with Crippen LogP contribution in [0.4, 0.5) is 0 Å². The van der Waals surface area contributed by atoms with Crippen LogP contribution in [0.1, 0.15) is 70.6 Å². The molecule has 0 spiro atoms. The molecule has 5 heteroatoms. The van der Waals surface area contributed by atoms with Gasteiger partial charge in [0.1, 0.15) is 5.78 Å². The maximum atomic E-state index is 12.0. The Hall–Kier alpha value is -1.67. The van der Waals surface area contributed by atoms with Crippen LogP contribution in [0.2, 0.25) is 0 Å². The van der Waals surface area contributed by atoms with Crippen LogP contribution in [-0.4, -0.2) is 28.1 Å². The maximum Gasteiger partial charge on any atom is 0.303 e. The van der Waals surface area contributed by atoms with Gasteiger partial charge in [0.2, 0.25) is 0 Å². The van der Waals surface area contributed by atoms with E-state index in [4.69, 9.17) is 10.4 Å². The highest BCUT2D eigenvalue weighted by atomic mass is 16.4. The molecule has 0 saturated heterocycles. The highest BCUT2D eigenvalue weighted by molar-refractivity contribution is 5.83. The molecule has 2 N–H and O–H groups in total. The lowest BCUT2D eigenvalue weighted by Crippen LogP contribution is -2.14. The van der Waals surface area contributed by atoms with Crippen molar-refractivity contribution in [3.63, 3.8) is 0 Å². The monoisotopic (exact) mass is 335 g/mol. The number of aliphatic hydroxyl groups is 1. The normalized spacial score (nSPS) is 21.9. The number of carboxylic acids is 1. The van der Waals surface area contributed by atoms with E-state index >= 15 is 0 Å². The third-order valence-electron chi connectivity index (χ3n) is 4.68. The van der Waals surface area contributed by atoms with Crippen LogP contribution in [-0.2, 0) is 9.59 Å². The van der Waals surface area contributed by atoms with Crippen molar-refractivity contribution < 1.29 is 19.8 Å². The van der Waals surface area contributed by atoms with Crippen LogP contribution >= 0.6 is 0 Å². The minimum Gasteiger partial charge on any atom is -0.481 e. The Morgan fingerprint density at radius 2 is 2.04 bits per heavy atom. The van der Waals surface area contributed by atoms with Gasteiger partial charge in [0.05, 0.1) is 12.2 Å². The van der Waals surface area contributed by atoms with Crippen LogP contribution in [0.25, 0.3) is 0 Å². The van der Waals surface area contributed by atoms with Crippen molar-refractivity contribution in [2.45, 2.75) is 76.7 Å². The molecular formula is C19H29NO4. The molecule has 134 valence electrons. The largest absolute Gasteiger partial charge is 0.481 e. The zero-order valence-corrected chi connectivity index (χ0v) is 14.3. The Morgan fingerprint density at radius 1 is 1.29 bits per heavy atom. The molecule has 1 aliphatic carbocycles. The van der Waals surface area contributed by atoms with Crippen molar-refractivity contribution >= 4 is 11.8 Å². The zero-order valence-electron chi connectivity index (χ0n) is 14.3. The summed E-state index contributed by atoms with van der Waals surface area (Å²) in [5.74, 6) is -0.178. The predicted octanol–water partition coefficient (Wildman–Crippen LogP) is 3.62. The molecule has 3 atom stereocenters. The average Bonchev–Trinajstić information content (AvgIpc) is 2.89. The Labute approximate surface area is 144 Å². The van der Waals surface area contributed by atoms with Crippen molar-refractivity contribution in [2.75, 3.05) is 0 Å². The fourth-order valence-electron chi connectivity index (χ4n) is 3.29. The minimum absolute atomic E-state index is 0.0482. The second-order valence-corrected chi connectivity index (χ2v) is 6.62. The quantitative estimate of drug-likeness (QED) is 0.419. The second kappa shape index (κ2) is 11.8. The van der Waals surface area contributed by atoms with Crippen molar-refractivity contribution in [1.82, 2.24) is 0 Å². The highest BCUT2D eigenvalue weighted by Crippen LogP contribution is 2.34. The molecule has 0 aliphatic heterocycles. The molecule has 0 heterocycles. The molecule has 0 aromatic heterocycles. The summed E-state index contributed by atoms with van der Waals surface area (Å²) in [6.07, 6.45) is 11.0. The molecule has 0 aromatic carbocycles. The third kappa shape index (κ3) is 8.26. The smallest absolute Gasteiger partial charge is 0.303 e. The van der Waals surface area contributed by atoms with Gasteiger partial charge in [0, 0.05) is 25.2 Å². The summed E-state index contributed by atoms with van der Waals surface area (Å²) in [7, 11) is 0. The number of aliphatic hydroxyl groups excluding tert-OH is 1. The minimum atomic E-state index is -0.750. The van der Waals surface area contributed by atoms with Crippen molar-refractivity contribution in [1.29, 1.82) is 5.26 Å². The van der Waals surface area contributed by atoms with Gasteiger partial charge in [0.15, 0.2) is 0 Å². The average molecular weight is 335 g/mol. The molecule has 1 saturated carbocycles. The number of hydrogen-bond donors (Lipinski definition) is 2. The maximum absolute atomic E-state index is 12.0. The van der Waals surface area contributed by atoms with Crippen molar-refractivity contribution in [2.24, 2.45) is 11.8 Å². The van der Waals surface area contributed by atoms with Crippen LogP contribution in [0.15, 0.2) is 12.2 Å². The van der Waals surface area contributed by atoms with E-state index in [0.29, 0.717) is 37.9 Å². The molecular weight excluding hydrogens is 306 g/mol. The first kappa shape index (κ1) is 20.4. The van der Waals surface area contributed by atoms with Gasteiger partial charge in [-0.1, -0.05) is 31.4 Å². The Kier molecular flexibility index (Phi) is 10.0. The lowest BCUT2D eigenvalue weighted by molar-refractivity contribution is -0.137. The molecule has 3 unspecified atom stereocenters. The van der Waals surface area contributed by atoms with Crippen molar-refractivity contribution in [3.8, 4) is 6.07 Å². The zero-order chi connectivity index (χ0) is 17.8. The van der Waals surface area contributed by atoms with Gasteiger partial charge >= 0.3 is 5.97 Å². The highest BCUT2D eigenvalue weighted by Gasteiger charge is 2.32. The number of nitriles is 1. The van der Waals surface area contributed by atoms with Gasteiger partial charge in [0.25, 0.3) is 0 Å². The number of ketones is 1. The Morgan fingerprint density at radius 3 is 2.75 bits per heavy atom. The van der Waals surface area contributed by atoms with E-state index < -0.39 is 12.1 Å². The van der Waals surface area contributed by atoms with Gasteiger partial charge in [-0.25, -0.2) is 0 Å². The number of carbonyl (C=O) groups is 2. The van der Waals surface area contributed by atoms with Crippen LogP contribution < -0.4 is 0 Å². The summed E-state index contributed by atoms with van der Waals surface area (Å²) < 4.78 is 0. The molecule has 1 fully saturated rings. The van der Waals surface area contributed by atoms with Gasteiger partial charge in [-0.15, -0.1) is 0 Å². The molecule has 1 rings (SSSR count). The fourth-order valence-corrected chi connectivity index (χ4v) is 3.29. The molecule has 24 heavy (non-hydrogen) atoms. The first-order chi connectivity index (χ1) is 11.5. The first-order valence-corrected chi connectivity index (χ1v) is 9.02. The number of allylic oxidation sites excluding steroid dienone is 1. The summed E-state index contributed by atoms with van der Waals surface area (Å²) in [5, 5.41) is 27.0. The third-order valence-corrected chi connectivity index (χ3v) is 4.68. The number of Topliss-reactive ketones (excluding diaryl/α,β-unsaturated/α-hetero) is 1. The van der Waals surface area contributed by atoms with E-state index in [1.54, 1.807) is 6.08 Å². The topological polar surface area (TPSA) is 98.4 Å².